The Morgan fingerprint density at radius 3 is 2.00 bits per heavy atom. The van der Waals surface area contributed by atoms with Crippen molar-refractivity contribution in [1.29, 1.82) is 0 Å². The molecule has 4 nitrogen and oxygen atoms in total. The summed E-state index contributed by atoms with van der Waals surface area (Å²) in [6.45, 7) is 11.0. The van der Waals surface area contributed by atoms with Crippen LogP contribution in [0.3, 0.4) is 0 Å². The number of sulfonamides is 1. The first kappa shape index (κ1) is 17.9. The first-order valence-corrected chi connectivity index (χ1v) is 8.48. The zero-order valence-electron chi connectivity index (χ0n) is 12.6. The van der Waals surface area contributed by atoms with Crippen LogP contribution in [0.5, 0.6) is 0 Å². The Kier molecular flexibility index (Phi) is 7.40. The molecule has 0 heterocycles. The van der Waals surface area contributed by atoms with Crippen molar-refractivity contribution < 1.29 is 8.42 Å². The second-order valence-corrected chi connectivity index (χ2v) is 8.04. The molecule has 0 rings (SSSR count). The van der Waals surface area contributed by atoms with E-state index in [0.29, 0.717) is 19.5 Å². The fraction of sp³-hybridized carbons (Fsp3) is 1.00. The molecule has 0 spiro atoms. The lowest BCUT2D eigenvalue weighted by Gasteiger charge is -2.30. The van der Waals surface area contributed by atoms with E-state index in [9.17, 15) is 8.42 Å². The number of rotatable bonds is 8. The predicted octanol–water partition coefficient (Wildman–Crippen LogP) is 2.20. The van der Waals surface area contributed by atoms with Crippen molar-refractivity contribution in [3.63, 3.8) is 0 Å². The maximum absolute atomic E-state index is 12.4. The highest BCUT2D eigenvalue weighted by Crippen LogP contribution is 2.22. The minimum Gasteiger partial charge on any atom is -0.329 e. The van der Waals surface area contributed by atoms with Gasteiger partial charge >= 0.3 is 0 Å². The van der Waals surface area contributed by atoms with Crippen molar-refractivity contribution in [2.75, 3.05) is 18.8 Å². The molecule has 0 aliphatic heterocycles. The third-order valence-corrected chi connectivity index (χ3v) is 5.08. The van der Waals surface area contributed by atoms with Gasteiger partial charge < -0.3 is 5.73 Å². The molecule has 0 aromatic heterocycles. The van der Waals surface area contributed by atoms with Gasteiger partial charge in [0.2, 0.25) is 10.0 Å². The molecule has 0 aliphatic rings. The predicted molar refractivity (Wildman–Crippen MR) is 78.0 cm³/mol. The highest BCUT2D eigenvalue weighted by atomic mass is 32.2. The number of hydrogen-bond acceptors (Lipinski definition) is 3. The zero-order chi connectivity index (χ0) is 14.4. The first-order valence-electron chi connectivity index (χ1n) is 6.87. The smallest absolute Gasteiger partial charge is 0.214 e. The summed E-state index contributed by atoms with van der Waals surface area (Å²) >= 11 is 0. The number of nitrogens with two attached hydrogens (primary N) is 1. The molecule has 0 saturated carbocycles. The molecule has 18 heavy (non-hydrogen) atoms. The lowest BCUT2D eigenvalue weighted by molar-refractivity contribution is 0.305. The van der Waals surface area contributed by atoms with Crippen LogP contribution >= 0.6 is 0 Å². The van der Waals surface area contributed by atoms with Crippen LogP contribution in [0.4, 0.5) is 0 Å². The summed E-state index contributed by atoms with van der Waals surface area (Å²) < 4.78 is 26.4. The third-order valence-electron chi connectivity index (χ3n) is 3.17. The fourth-order valence-corrected chi connectivity index (χ4v) is 4.17. The number of hydrogen-bond donors (Lipinski definition) is 1. The van der Waals surface area contributed by atoms with Gasteiger partial charge in [-0.25, -0.2) is 8.42 Å². The molecule has 0 bridgehead atoms. The van der Waals surface area contributed by atoms with Crippen molar-refractivity contribution in [2.45, 2.75) is 59.9 Å². The average Bonchev–Trinajstić information content (AvgIpc) is 2.26. The molecule has 0 saturated heterocycles. The quantitative estimate of drug-likeness (QED) is 0.740. The van der Waals surface area contributed by atoms with Gasteiger partial charge in [-0.05, 0) is 24.7 Å². The van der Waals surface area contributed by atoms with Gasteiger partial charge in [-0.2, -0.15) is 4.31 Å². The van der Waals surface area contributed by atoms with Crippen LogP contribution in [-0.2, 0) is 10.0 Å². The molecule has 5 heteroatoms. The largest absolute Gasteiger partial charge is 0.329 e. The van der Waals surface area contributed by atoms with E-state index in [1.165, 1.54) is 0 Å². The minimum absolute atomic E-state index is 0.0371. The summed E-state index contributed by atoms with van der Waals surface area (Å²) in [6.07, 6.45) is 2.35. The average molecular weight is 278 g/mol. The van der Waals surface area contributed by atoms with E-state index in [4.69, 9.17) is 5.73 Å². The molecule has 0 atom stereocenters. The Labute approximate surface area is 113 Å². The molecule has 0 radical (unpaired) electrons. The van der Waals surface area contributed by atoms with Gasteiger partial charge in [-0.15, -0.1) is 0 Å². The Morgan fingerprint density at radius 1 is 1.17 bits per heavy atom. The van der Waals surface area contributed by atoms with E-state index in [1.54, 1.807) is 4.31 Å². The molecule has 2 N–H and O–H groups in total. The normalized spacial score (nSPS) is 13.6. The summed E-state index contributed by atoms with van der Waals surface area (Å²) in [4.78, 5) is 0. The summed E-state index contributed by atoms with van der Waals surface area (Å²) in [5, 5.41) is 0. The van der Waals surface area contributed by atoms with Crippen LogP contribution in [0.25, 0.3) is 0 Å². The topological polar surface area (TPSA) is 63.4 Å². The van der Waals surface area contributed by atoms with Crippen molar-refractivity contribution >= 4 is 10.0 Å². The lowest BCUT2D eigenvalue weighted by Crippen LogP contribution is -2.44. The maximum Gasteiger partial charge on any atom is 0.214 e. The summed E-state index contributed by atoms with van der Waals surface area (Å²) in [5.41, 5.74) is 5.59. The van der Waals surface area contributed by atoms with E-state index in [2.05, 4.69) is 20.8 Å². The highest BCUT2D eigenvalue weighted by molar-refractivity contribution is 7.89. The summed E-state index contributed by atoms with van der Waals surface area (Å²) in [5.74, 6) is 0.215. The maximum atomic E-state index is 12.4. The van der Waals surface area contributed by atoms with Crippen LogP contribution in [0.2, 0.25) is 0 Å². The molecule has 0 amide bonds. The van der Waals surface area contributed by atoms with Crippen molar-refractivity contribution in [3.8, 4) is 0 Å². The zero-order valence-corrected chi connectivity index (χ0v) is 13.4. The minimum atomic E-state index is -3.19. The standard InChI is InChI=1S/C13H30N2O2S/c1-6-12(7-2)15(10-9-14)18(16,17)11-8-13(3,4)5/h12H,6-11,14H2,1-5H3. The van der Waals surface area contributed by atoms with Crippen molar-refractivity contribution in [2.24, 2.45) is 11.1 Å². The Balaban J connectivity index is 4.86. The van der Waals surface area contributed by atoms with Gasteiger partial charge in [-0.3, -0.25) is 0 Å². The van der Waals surface area contributed by atoms with Crippen LogP contribution in [0.1, 0.15) is 53.9 Å². The third kappa shape index (κ3) is 6.16. The molecule has 0 aromatic carbocycles. The van der Waals surface area contributed by atoms with Gasteiger partial charge in [0.1, 0.15) is 0 Å². The fourth-order valence-electron chi connectivity index (χ4n) is 1.92. The monoisotopic (exact) mass is 278 g/mol. The van der Waals surface area contributed by atoms with Crippen LogP contribution in [-0.4, -0.2) is 37.6 Å². The van der Waals surface area contributed by atoms with E-state index in [-0.39, 0.29) is 17.2 Å². The molecule has 0 aliphatic carbocycles. The second kappa shape index (κ2) is 7.46. The summed E-state index contributed by atoms with van der Waals surface area (Å²) in [7, 11) is -3.19. The molecular formula is C13H30N2O2S. The van der Waals surface area contributed by atoms with Crippen LogP contribution in [0, 0.1) is 5.41 Å². The van der Waals surface area contributed by atoms with Crippen LogP contribution in [0.15, 0.2) is 0 Å². The Bertz CT molecular complexity index is 316. The van der Waals surface area contributed by atoms with E-state index in [0.717, 1.165) is 12.8 Å². The van der Waals surface area contributed by atoms with Gasteiger partial charge in [0.05, 0.1) is 5.75 Å². The Morgan fingerprint density at radius 2 is 1.67 bits per heavy atom. The van der Waals surface area contributed by atoms with Gasteiger partial charge in [0.15, 0.2) is 0 Å². The van der Waals surface area contributed by atoms with Gasteiger partial charge in [-0.1, -0.05) is 34.6 Å². The van der Waals surface area contributed by atoms with E-state index < -0.39 is 10.0 Å². The van der Waals surface area contributed by atoms with Crippen molar-refractivity contribution in [1.82, 2.24) is 4.31 Å². The highest BCUT2D eigenvalue weighted by Gasteiger charge is 2.28. The van der Waals surface area contributed by atoms with Crippen LogP contribution < -0.4 is 5.73 Å². The molecule has 110 valence electrons. The van der Waals surface area contributed by atoms with Crippen molar-refractivity contribution in [3.05, 3.63) is 0 Å². The first-order chi connectivity index (χ1) is 8.18. The van der Waals surface area contributed by atoms with E-state index >= 15 is 0 Å². The van der Waals surface area contributed by atoms with Gasteiger partial charge in [0.25, 0.3) is 0 Å². The van der Waals surface area contributed by atoms with Gasteiger partial charge in [0, 0.05) is 19.1 Å². The van der Waals surface area contributed by atoms with E-state index in [1.807, 2.05) is 13.8 Å². The SMILES string of the molecule is CCC(CC)N(CCN)S(=O)(=O)CCC(C)(C)C. The summed E-state index contributed by atoms with van der Waals surface area (Å²) in [6, 6.07) is 0.0820. The Hall–Kier alpha value is -0.130. The molecule has 0 fully saturated rings. The second-order valence-electron chi connectivity index (χ2n) is 6.00. The molecule has 0 unspecified atom stereocenters. The molecule has 0 aromatic rings. The number of nitrogens with zero attached hydrogens (tertiary/aromatic N) is 1. The lowest BCUT2D eigenvalue weighted by atomic mass is 9.94. The molecular weight excluding hydrogens is 248 g/mol.